The number of thiazole rings is 1. The largest absolute Gasteiger partial charge is 0.445 e. The number of aliphatic hydroxyl groups is 1. The number of hydrogen-bond donors (Lipinski definition) is 4. The third-order valence-corrected chi connectivity index (χ3v) is 9.59. The smallest absolute Gasteiger partial charge is 0.407 e. The number of nitrogens with one attached hydrogen (secondary N) is 3. The summed E-state index contributed by atoms with van der Waals surface area (Å²) in [5, 5.41) is 23.5. The van der Waals surface area contributed by atoms with Crippen molar-refractivity contribution in [3.8, 4) is 0 Å². The number of rotatable bonds is 17. The van der Waals surface area contributed by atoms with Crippen molar-refractivity contribution in [3.63, 3.8) is 0 Å². The fourth-order valence-corrected chi connectivity index (χ4v) is 6.39. The lowest BCUT2D eigenvalue weighted by atomic mass is 9.93. The van der Waals surface area contributed by atoms with Crippen molar-refractivity contribution < 1.29 is 24.2 Å². The molecule has 12 heteroatoms. The summed E-state index contributed by atoms with van der Waals surface area (Å²) in [5.41, 5.74) is 3.41. The number of ether oxygens (including phenoxy) is 1. The Morgan fingerprint density at radius 3 is 2.10 bits per heavy atom. The fraction of sp³-hybridized carbons (Fsp3) is 0.410. The molecule has 4 aromatic rings. The predicted molar refractivity (Wildman–Crippen MR) is 199 cm³/mol. The first-order valence-electron chi connectivity index (χ1n) is 17.3. The zero-order valence-corrected chi connectivity index (χ0v) is 30.8. The average molecular weight is 715 g/mol. The van der Waals surface area contributed by atoms with Crippen molar-refractivity contribution in [2.24, 2.45) is 5.92 Å². The van der Waals surface area contributed by atoms with Gasteiger partial charge in [-0.25, -0.2) is 14.6 Å². The summed E-state index contributed by atoms with van der Waals surface area (Å²) >= 11 is 1.57. The minimum Gasteiger partial charge on any atom is -0.445 e. The van der Waals surface area contributed by atoms with Crippen LogP contribution in [0.4, 0.5) is 9.59 Å². The molecule has 0 fully saturated rings. The zero-order chi connectivity index (χ0) is 36.8. The molecular weight excluding hydrogens is 665 g/mol. The number of carbonyl (C=O) groups excluding carboxylic acids is 3. The second-order valence-corrected chi connectivity index (χ2v) is 14.3. The van der Waals surface area contributed by atoms with E-state index < -0.39 is 30.3 Å². The van der Waals surface area contributed by atoms with Crippen LogP contribution in [0.5, 0.6) is 0 Å². The van der Waals surface area contributed by atoms with Crippen LogP contribution < -0.4 is 16.0 Å². The SMILES string of the molecule is CC(C)c1nc(CN(C)C(=O)NC(C(=O)NC(Cc2ccccc2)CC(O)C(Cc2ccccc2)NC(=O)OCc2cccnc2)C(C)C)cs1. The number of benzene rings is 2. The van der Waals surface area contributed by atoms with E-state index in [1.165, 1.54) is 4.90 Å². The van der Waals surface area contributed by atoms with Gasteiger partial charge in [0.05, 0.1) is 29.4 Å². The Balaban J connectivity index is 1.47. The molecule has 4 N–H and O–H groups in total. The lowest BCUT2D eigenvalue weighted by molar-refractivity contribution is -0.124. The van der Waals surface area contributed by atoms with Gasteiger partial charge in [0, 0.05) is 42.3 Å². The van der Waals surface area contributed by atoms with Gasteiger partial charge in [-0.1, -0.05) is 94.4 Å². The molecular formula is C39H50N6O5S. The van der Waals surface area contributed by atoms with Crippen LogP contribution >= 0.6 is 11.3 Å². The maximum Gasteiger partial charge on any atom is 0.407 e. The van der Waals surface area contributed by atoms with Crippen molar-refractivity contribution in [3.05, 3.63) is 118 Å². The Labute approximate surface area is 304 Å². The van der Waals surface area contributed by atoms with Gasteiger partial charge in [-0.05, 0) is 42.4 Å². The van der Waals surface area contributed by atoms with Crippen LogP contribution in [0.3, 0.4) is 0 Å². The average Bonchev–Trinajstić information content (AvgIpc) is 3.59. The minimum atomic E-state index is -1.06. The van der Waals surface area contributed by atoms with Crippen LogP contribution in [-0.4, -0.2) is 69.3 Å². The number of amides is 4. The Morgan fingerprint density at radius 2 is 1.51 bits per heavy atom. The number of aromatic nitrogens is 2. The summed E-state index contributed by atoms with van der Waals surface area (Å²) in [6.45, 7) is 8.24. The third kappa shape index (κ3) is 12.8. The molecule has 4 unspecified atom stereocenters. The van der Waals surface area contributed by atoms with Gasteiger partial charge in [0.15, 0.2) is 0 Å². The van der Waals surface area contributed by atoms with E-state index in [1.54, 1.807) is 36.8 Å². The topological polar surface area (TPSA) is 146 Å². The highest BCUT2D eigenvalue weighted by Gasteiger charge is 2.31. The van der Waals surface area contributed by atoms with E-state index in [9.17, 15) is 19.5 Å². The van der Waals surface area contributed by atoms with Gasteiger partial charge in [0.25, 0.3) is 0 Å². The van der Waals surface area contributed by atoms with Crippen LogP contribution in [0.1, 0.15) is 67.4 Å². The molecule has 0 saturated carbocycles. The highest BCUT2D eigenvalue weighted by molar-refractivity contribution is 7.09. The molecule has 0 aliphatic carbocycles. The summed E-state index contributed by atoms with van der Waals surface area (Å²) < 4.78 is 5.46. The lowest BCUT2D eigenvalue weighted by Crippen LogP contribution is -2.55. The van der Waals surface area contributed by atoms with E-state index in [4.69, 9.17) is 4.74 Å². The van der Waals surface area contributed by atoms with Crippen molar-refractivity contribution in [1.82, 2.24) is 30.8 Å². The molecule has 0 aliphatic rings. The van der Waals surface area contributed by atoms with Crippen LogP contribution in [0, 0.1) is 5.92 Å². The fourth-order valence-electron chi connectivity index (χ4n) is 5.57. The normalized spacial score (nSPS) is 13.6. The number of pyridine rings is 1. The van der Waals surface area contributed by atoms with Crippen LogP contribution in [0.2, 0.25) is 0 Å². The minimum absolute atomic E-state index is 0.0285. The summed E-state index contributed by atoms with van der Waals surface area (Å²) in [6, 6.07) is 20.3. The van der Waals surface area contributed by atoms with Crippen molar-refractivity contribution in [2.75, 3.05) is 7.05 Å². The number of aliphatic hydroxyl groups excluding tert-OH is 1. The Kier molecular flexibility index (Phi) is 14.9. The third-order valence-electron chi connectivity index (χ3n) is 8.39. The summed E-state index contributed by atoms with van der Waals surface area (Å²) in [6.07, 6.45) is 2.42. The summed E-state index contributed by atoms with van der Waals surface area (Å²) in [7, 11) is 1.68. The van der Waals surface area contributed by atoms with Gasteiger partial charge in [-0.3, -0.25) is 9.78 Å². The van der Waals surface area contributed by atoms with E-state index in [2.05, 4.69) is 39.8 Å². The second-order valence-electron chi connectivity index (χ2n) is 13.4. The molecule has 272 valence electrons. The first kappa shape index (κ1) is 39.0. The van der Waals surface area contributed by atoms with Gasteiger partial charge in [-0.15, -0.1) is 11.3 Å². The number of carbonyl (C=O) groups is 3. The van der Waals surface area contributed by atoms with E-state index in [0.29, 0.717) is 25.3 Å². The van der Waals surface area contributed by atoms with Crippen LogP contribution in [0.25, 0.3) is 0 Å². The number of hydrogen-bond acceptors (Lipinski definition) is 8. The van der Waals surface area contributed by atoms with Gasteiger partial charge < -0.3 is 30.7 Å². The van der Waals surface area contributed by atoms with E-state index >= 15 is 0 Å². The maximum absolute atomic E-state index is 13.9. The highest BCUT2D eigenvalue weighted by atomic mass is 32.1. The highest BCUT2D eigenvalue weighted by Crippen LogP contribution is 2.20. The Bertz CT molecular complexity index is 1650. The standard InChI is InChI=1S/C39H50N6O5S/c1-26(2)35(44-38(48)45(5)23-32-25-51-37(42-32)27(3)4)36(47)41-31(19-28-13-8-6-9-14-28)21-34(46)33(20-29-15-10-7-11-16-29)43-39(49)50-24-30-17-12-18-40-22-30/h6-18,22,25-27,31,33-35,46H,19-21,23-24H2,1-5H3,(H,41,47)(H,43,49)(H,44,48). The van der Waals surface area contributed by atoms with Crippen molar-refractivity contribution >= 4 is 29.4 Å². The molecule has 4 amide bonds. The molecule has 0 bridgehead atoms. The molecule has 4 atom stereocenters. The first-order chi connectivity index (χ1) is 24.5. The molecule has 0 spiro atoms. The van der Waals surface area contributed by atoms with Crippen molar-refractivity contribution in [2.45, 2.75) is 90.3 Å². The molecule has 2 aromatic carbocycles. The molecule has 2 aromatic heterocycles. The Morgan fingerprint density at radius 1 is 0.863 bits per heavy atom. The first-order valence-corrected chi connectivity index (χ1v) is 18.2. The predicted octanol–water partition coefficient (Wildman–Crippen LogP) is 5.84. The molecule has 51 heavy (non-hydrogen) atoms. The number of alkyl carbamates (subject to hydrolysis) is 1. The molecule has 11 nitrogen and oxygen atoms in total. The van der Waals surface area contributed by atoms with Gasteiger partial charge in [0.1, 0.15) is 12.6 Å². The monoisotopic (exact) mass is 714 g/mol. The molecule has 4 rings (SSSR count). The lowest BCUT2D eigenvalue weighted by Gasteiger charge is -2.30. The van der Waals surface area contributed by atoms with Crippen molar-refractivity contribution in [1.29, 1.82) is 0 Å². The van der Waals surface area contributed by atoms with Crippen LogP contribution in [0.15, 0.2) is 90.6 Å². The number of urea groups is 1. The summed E-state index contributed by atoms with van der Waals surface area (Å²) in [5.74, 6) is -0.285. The second kappa shape index (κ2) is 19.5. The van der Waals surface area contributed by atoms with E-state index in [1.807, 2.05) is 86.0 Å². The molecule has 0 aliphatic heterocycles. The summed E-state index contributed by atoms with van der Waals surface area (Å²) in [4.78, 5) is 50.3. The van der Waals surface area contributed by atoms with Gasteiger partial charge >= 0.3 is 12.1 Å². The zero-order valence-electron chi connectivity index (χ0n) is 30.0. The quantitative estimate of drug-likeness (QED) is 0.108. The molecule has 2 heterocycles. The van der Waals surface area contributed by atoms with Gasteiger partial charge in [0.2, 0.25) is 5.91 Å². The Hall–Kier alpha value is -4.81. The van der Waals surface area contributed by atoms with Crippen LogP contribution in [-0.2, 0) is 35.5 Å². The molecule has 0 saturated heterocycles. The molecule has 0 radical (unpaired) electrons. The van der Waals surface area contributed by atoms with E-state index in [0.717, 1.165) is 27.4 Å². The van der Waals surface area contributed by atoms with E-state index in [-0.39, 0.29) is 30.9 Å². The van der Waals surface area contributed by atoms with Gasteiger partial charge in [-0.2, -0.15) is 0 Å². The number of nitrogens with zero attached hydrogens (tertiary/aromatic N) is 3. The maximum atomic E-state index is 13.9.